The number of nitrogens with zero attached hydrogens (tertiary/aromatic N) is 2. The molecule has 1 fully saturated rings. The van der Waals surface area contributed by atoms with Crippen LogP contribution in [-0.2, 0) is 21.3 Å². The van der Waals surface area contributed by atoms with Crippen molar-refractivity contribution in [2.24, 2.45) is 0 Å². The number of amides is 1. The molecule has 0 N–H and O–H groups in total. The first-order valence-electron chi connectivity index (χ1n) is 10.1. The summed E-state index contributed by atoms with van der Waals surface area (Å²) >= 11 is 6.25. The second-order valence-corrected chi connectivity index (χ2v) is 9.63. The molecule has 3 rings (SSSR count). The van der Waals surface area contributed by atoms with E-state index in [1.807, 2.05) is 30.3 Å². The molecule has 2 aromatic carbocycles. The van der Waals surface area contributed by atoms with Crippen LogP contribution in [0.15, 0.2) is 53.4 Å². The minimum atomic E-state index is -3.74. The molecule has 0 atom stereocenters. The Bertz CT molecular complexity index is 960. The van der Waals surface area contributed by atoms with Gasteiger partial charge in [0.15, 0.2) is 0 Å². The third-order valence-corrected chi connectivity index (χ3v) is 7.56. The SMILES string of the molecule is COCCN(Cc1ccccc1)C(=O)c1ccc(Cl)c(S(=O)(=O)N2CCCCC2)c1. The summed E-state index contributed by atoms with van der Waals surface area (Å²) in [6.07, 6.45) is 2.68. The van der Waals surface area contributed by atoms with E-state index in [9.17, 15) is 13.2 Å². The summed E-state index contributed by atoms with van der Waals surface area (Å²) in [5.74, 6) is -0.261. The summed E-state index contributed by atoms with van der Waals surface area (Å²) in [6.45, 7) is 2.13. The van der Waals surface area contributed by atoms with Gasteiger partial charge < -0.3 is 9.64 Å². The van der Waals surface area contributed by atoms with Gasteiger partial charge in [0.05, 0.1) is 11.6 Å². The van der Waals surface area contributed by atoms with Gasteiger partial charge in [0.1, 0.15) is 4.90 Å². The summed E-state index contributed by atoms with van der Waals surface area (Å²) in [7, 11) is -2.16. The molecule has 8 heteroatoms. The van der Waals surface area contributed by atoms with Crippen molar-refractivity contribution in [1.82, 2.24) is 9.21 Å². The predicted octanol–water partition coefficient (Wildman–Crippen LogP) is 3.80. The Labute approximate surface area is 183 Å². The van der Waals surface area contributed by atoms with Gasteiger partial charge in [-0.15, -0.1) is 0 Å². The number of hydrogen-bond donors (Lipinski definition) is 0. The summed E-state index contributed by atoms with van der Waals surface area (Å²) < 4.78 is 32.8. The molecule has 1 amide bonds. The van der Waals surface area contributed by atoms with E-state index in [0.717, 1.165) is 24.8 Å². The Balaban J connectivity index is 1.89. The zero-order valence-corrected chi connectivity index (χ0v) is 18.7. The first-order chi connectivity index (χ1) is 14.4. The Kier molecular flexibility index (Phi) is 7.88. The molecule has 0 aromatic heterocycles. The molecule has 162 valence electrons. The van der Waals surface area contributed by atoms with Crippen molar-refractivity contribution < 1.29 is 17.9 Å². The molecular weight excluding hydrogens is 424 g/mol. The molecule has 1 saturated heterocycles. The van der Waals surface area contributed by atoms with Crippen molar-refractivity contribution >= 4 is 27.5 Å². The first-order valence-corrected chi connectivity index (χ1v) is 11.9. The fraction of sp³-hybridized carbons (Fsp3) is 0.409. The highest BCUT2D eigenvalue weighted by Gasteiger charge is 2.29. The average Bonchev–Trinajstić information content (AvgIpc) is 2.77. The molecule has 0 aliphatic carbocycles. The van der Waals surface area contributed by atoms with E-state index >= 15 is 0 Å². The lowest BCUT2D eigenvalue weighted by Crippen LogP contribution is -2.36. The minimum Gasteiger partial charge on any atom is -0.383 e. The van der Waals surface area contributed by atoms with E-state index < -0.39 is 10.0 Å². The summed E-state index contributed by atoms with van der Waals surface area (Å²) in [4.78, 5) is 14.9. The Hall–Kier alpha value is -1.93. The molecule has 0 radical (unpaired) electrons. The number of carbonyl (C=O) groups is 1. The van der Waals surface area contributed by atoms with E-state index in [-0.39, 0.29) is 15.8 Å². The third-order valence-electron chi connectivity index (χ3n) is 5.18. The van der Waals surface area contributed by atoms with E-state index in [2.05, 4.69) is 0 Å². The Morgan fingerprint density at radius 2 is 1.80 bits per heavy atom. The van der Waals surface area contributed by atoms with Crippen molar-refractivity contribution in [3.8, 4) is 0 Å². The number of sulfonamides is 1. The van der Waals surface area contributed by atoms with Gasteiger partial charge in [0.25, 0.3) is 5.91 Å². The van der Waals surface area contributed by atoms with E-state index in [0.29, 0.717) is 38.3 Å². The fourth-order valence-electron chi connectivity index (χ4n) is 3.52. The van der Waals surface area contributed by atoms with Crippen LogP contribution in [0, 0.1) is 0 Å². The lowest BCUT2D eigenvalue weighted by Gasteiger charge is -2.27. The van der Waals surface area contributed by atoms with Crippen molar-refractivity contribution in [1.29, 1.82) is 0 Å². The van der Waals surface area contributed by atoms with Gasteiger partial charge in [-0.3, -0.25) is 4.79 Å². The van der Waals surface area contributed by atoms with Crippen LogP contribution in [0.1, 0.15) is 35.2 Å². The van der Waals surface area contributed by atoms with Crippen molar-refractivity contribution in [2.75, 3.05) is 33.4 Å². The van der Waals surface area contributed by atoms with Crippen LogP contribution in [0.4, 0.5) is 0 Å². The predicted molar refractivity (Wildman–Crippen MR) is 117 cm³/mol. The third kappa shape index (κ3) is 5.40. The van der Waals surface area contributed by atoms with Crippen LogP contribution >= 0.6 is 11.6 Å². The number of hydrogen-bond acceptors (Lipinski definition) is 4. The quantitative estimate of drug-likeness (QED) is 0.613. The van der Waals surface area contributed by atoms with E-state index in [4.69, 9.17) is 16.3 Å². The van der Waals surface area contributed by atoms with Crippen LogP contribution in [0.25, 0.3) is 0 Å². The number of carbonyl (C=O) groups excluding carboxylic acids is 1. The Morgan fingerprint density at radius 1 is 1.10 bits per heavy atom. The second-order valence-electron chi connectivity index (χ2n) is 7.32. The molecule has 0 spiro atoms. The molecule has 0 bridgehead atoms. The first kappa shape index (κ1) is 22.7. The highest BCUT2D eigenvalue weighted by Crippen LogP contribution is 2.28. The van der Waals surface area contributed by atoms with Gasteiger partial charge in [-0.1, -0.05) is 48.4 Å². The molecule has 0 saturated carbocycles. The monoisotopic (exact) mass is 450 g/mol. The molecule has 30 heavy (non-hydrogen) atoms. The summed E-state index contributed by atoms with van der Waals surface area (Å²) in [6, 6.07) is 14.1. The van der Waals surface area contributed by atoms with Crippen LogP contribution in [0.3, 0.4) is 0 Å². The van der Waals surface area contributed by atoms with Crippen LogP contribution in [-0.4, -0.2) is 56.9 Å². The number of halogens is 1. The number of benzene rings is 2. The lowest BCUT2D eigenvalue weighted by atomic mass is 10.1. The van der Waals surface area contributed by atoms with Gasteiger partial charge in [0, 0.05) is 38.9 Å². The highest BCUT2D eigenvalue weighted by atomic mass is 35.5. The lowest BCUT2D eigenvalue weighted by molar-refractivity contribution is 0.0680. The molecule has 0 unspecified atom stereocenters. The topological polar surface area (TPSA) is 66.9 Å². The molecule has 1 aliphatic rings. The van der Waals surface area contributed by atoms with Gasteiger partial charge in [-0.2, -0.15) is 4.31 Å². The van der Waals surface area contributed by atoms with E-state index in [1.54, 1.807) is 18.1 Å². The van der Waals surface area contributed by atoms with Crippen LogP contribution in [0.5, 0.6) is 0 Å². The zero-order valence-electron chi connectivity index (χ0n) is 17.1. The number of piperidine rings is 1. The molecular formula is C22H27ClN2O4S. The fourth-order valence-corrected chi connectivity index (χ4v) is 5.54. The molecule has 2 aromatic rings. The number of ether oxygens (including phenoxy) is 1. The average molecular weight is 451 g/mol. The second kappa shape index (κ2) is 10.4. The summed E-state index contributed by atoms with van der Waals surface area (Å²) in [5, 5.41) is 0.128. The van der Waals surface area contributed by atoms with Crippen molar-refractivity contribution in [3.05, 3.63) is 64.7 Å². The van der Waals surface area contributed by atoms with Gasteiger partial charge >= 0.3 is 0 Å². The molecule has 1 aliphatic heterocycles. The Morgan fingerprint density at radius 3 is 2.47 bits per heavy atom. The normalized spacial score (nSPS) is 15.1. The smallest absolute Gasteiger partial charge is 0.254 e. The summed E-state index contributed by atoms with van der Waals surface area (Å²) in [5.41, 5.74) is 1.28. The maximum Gasteiger partial charge on any atom is 0.254 e. The van der Waals surface area contributed by atoms with Gasteiger partial charge in [0.2, 0.25) is 10.0 Å². The van der Waals surface area contributed by atoms with Gasteiger partial charge in [-0.25, -0.2) is 8.42 Å². The van der Waals surface area contributed by atoms with Crippen LogP contribution in [0.2, 0.25) is 5.02 Å². The van der Waals surface area contributed by atoms with Crippen molar-refractivity contribution in [3.63, 3.8) is 0 Å². The zero-order chi connectivity index (χ0) is 21.6. The van der Waals surface area contributed by atoms with E-state index in [1.165, 1.54) is 16.4 Å². The maximum atomic E-state index is 13.2. The molecule has 1 heterocycles. The maximum absolute atomic E-state index is 13.2. The largest absolute Gasteiger partial charge is 0.383 e. The standard InChI is InChI=1S/C22H27ClN2O4S/c1-29-15-14-24(17-18-8-4-2-5-9-18)22(26)19-10-11-20(23)21(16-19)30(27,28)25-12-6-3-7-13-25/h2,4-5,8-11,16H,3,6-7,12-15,17H2,1H3. The highest BCUT2D eigenvalue weighted by molar-refractivity contribution is 7.89. The minimum absolute atomic E-state index is 0.0108. The number of methoxy groups -OCH3 is 1. The van der Waals surface area contributed by atoms with Gasteiger partial charge in [-0.05, 0) is 36.6 Å². The number of rotatable bonds is 8. The molecule has 6 nitrogen and oxygen atoms in total. The van der Waals surface area contributed by atoms with Crippen molar-refractivity contribution in [2.45, 2.75) is 30.7 Å². The van der Waals surface area contributed by atoms with Crippen LogP contribution < -0.4 is 0 Å².